The number of carbonyl (C=O) groups excluding carboxylic acids is 1. The van der Waals surface area contributed by atoms with Gasteiger partial charge in [0.05, 0.1) is 6.54 Å². The molecule has 0 aromatic carbocycles. The van der Waals surface area contributed by atoms with Crippen molar-refractivity contribution in [2.45, 2.75) is 24.5 Å². The third kappa shape index (κ3) is 2.26. The normalized spacial score (nSPS) is 30.7. The largest absolute Gasteiger partial charge is 0.298 e. The fourth-order valence-corrected chi connectivity index (χ4v) is 4.05. The molecule has 2 rings (SSSR count). The molecule has 1 aliphatic carbocycles. The molecule has 1 fully saturated rings. The maximum absolute atomic E-state index is 12.4. The molecule has 0 saturated carbocycles. The second-order valence-corrected chi connectivity index (χ2v) is 7.88. The van der Waals surface area contributed by atoms with Crippen LogP contribution < -0.4 is 0 Å². The summed E-state index contributed by atoms with van der Waals surface area (Å²) in [5.41, 5.74) is 0. The minimum Gasteiger partial charge on any atom is -0.298 e. The molecule has 0 bridgehead atoms. The van der Waals surface area contributed by atoms with E-state index in [2.05, 4.69) is 15.9 Å². The number of nitrogens with zero attached hydrogens (tertiary/aromatic N) is 1. The first-order chi connectivity index (χ1) is 7.85. The number of hydrogen-bond acceptors (Lipinski definition) is 3. The third-order valence-electron chi connectivity index (χ3n) is 3.22. The lowest BCUT2D eigenvalue weighted by atomic mass is 10.0. The zero-order valence-corrected chi connectivity index (χ0v) is 11.9. The maximum Gasteiger partial charge on any atom is 0.223 e. The van der Waals surface area contributed by atoms with E-state index in [4.69, 9.17) is 0 Å². The molecule has 1 atom stereocenters. The molecule has 1 heterocycles. The van der Waals surface area contributed by atoms with E-state index < -0.39 is 14.8 Å². The Kier molecular flexibility index (Phi) is 3.31. The number of Topliss-reactive ketones (excluding diaryl/α,β-unsaturated/α-hetero) is 1. The molecular formula is C11H14BrNO3S. The maximum atomic E-state index is 12.4. The number of rotatable bonds is 2. The van der Waals surface area contributed by atoms with Crippen molar-refractivity contribution in [1.82, 2.24) is 4.31 Å². The topological polar surface area (TPSA) is 54.5 Å². The average molecular weight is 320 g/mol. The van der Waals surface area contributed by atoms with Crippen LogP contribution in [0, 0.1) is 0 Å². The van der Waals surface area contributed by atoms with Gasteiger partial charge in [0.25, 0.3) is 0 Å². The number of hydrogen-bond donors (Lipinski definition) is 0. The molecule has 0 radical (unpaired) electrons. The lowest BCUT2D eigenvalue weighted by Crippen LogP contribution is -2.44. The molecule has 0 amide bonds. The predicted octanol–water partition coefficient (Wildman–Crippen LogP) is 1.59. The Labute approximate surface area is 110 Å². The van der Waals surface area contributed by atoms with Crippen LogP contribution in [0.5, 0.6) is 0 Å². The SMILES string of the molecule is CC1(S(=O)(=O)N2CCC(=O)C2)C=CC(Br)=CC1. The number of allylic oxidation sites excluding steroid dienone is 3. The van der Waals surface area contributed by atoms with Gasteiger partial charge in [-0.2, -0.15) is 4.31 Å². The Morgan fingerprint density at radius 3 is 2.65 bits per heavy atom. The van der Waals surface area contributed by atoms with Gasteiger partial charge in [-0.05, 0) is 13.3 Å². The van der Waals surface area contributed by atoms with Crippen molar-refractivity contribution in [3.8, 4) is 0 Å². The first-order valence-electron chi connectivity index (χ1n) is 5.41. The lowest BCUT2D eigenvalue weighted by Gasteiger charge is -2.31. The molecule has 0 aromatic rings. The van der Waals surface area contributed by atoms with Gasteiger partial charge in [0.2, 0.25) is 10.0 Å². The number of ketones is 1. The van der Waals surface area contributed by atoms with Crippen molar-refractivity contribution in [3.63, 3.8) is 0 Å². The average Bonchev–Trinajstić information content (AvgIpc) is 2.70. The van der Waals surface area contributed by atoms with Gasteiger partial charge in [-0.15, -0.1) is 0 Å². The molecule has 1 saturated heterocycles. The Hall–Kier alpha value is -0.460. The van der Waals surface area contributed by atoms with E-state index in [9.17, 15) is 13.2 Å². The summed E-state index contributed by atoms with van der Waals surface area (Å²) in [7, 11) is -3.46. The van der Waals surface area contributed by atoms with Crippen molar-refractivity contribution >= 4 is 31.7 Å². The molecule has 1 aliphatic heterocycles. The number of sulfonamides is 1. The van der Waals surface area contributed by atoms with E-state index >= 15 is 0 Å². The van der Waals surface area contributed by atoms with E-state index in [-0.39, 0.29) is 12.3 Å². The van der Waals surface area contributed by atoms with Crippen LogP contribution in [0.25, 0.3) is 0 Å². The van der Waals surface area contributed by atoms with Crippen LogP contribution in [0.2, 0.25) is 0 Å². The first kappa shape index (κ1) is 13.0. The highest BCUT2D eigenvalue weighted by atomic mass is 79.9. The summed E-state index contributed by atoms with van der Waals surface area (Å²) in [6.07, 6.45) is 6.04. The smallest absolute Gasteiger partial charge is 0.223 e. The van der Waals surface area contributed by atoms with Crippen LogP contribution in [0.3, 0.4) is 0 Å². The zero-order chi connectivity index (χ0) is 12.7. The number of halogens is 1. The summed E-state index contributed by atoms with van der Waals surface area (Å²) in [5.74, 6) is -0.00585. The molecule has 4 nitrogen and oxygen atoms in total. The third-order valence-corrected chi connectivity index (χ3v) is 6.28. The minimum absolute atomic E-state index is 0.00585. The van der Waals surface area contributed by atoms with Crippen molar-refractivity contribution < 1.29 is 13.2 Å². The van der Waals surface area contributed by atoms with Crippen LogP contribution in [-0.4, -0.2) is 36.3 Å². The number of carbonyl (C=O) groups is 1. The first-order valence-corrected chi connectivity index (χ1v) is 7.65. The predicted molar refractivity (Wildman–Crippen MR) is 69.3 cm³/mol. The second-order valence-electron chi connectivity index (χ2n) is 4.57. The Bertz CT molecular complexity index is 509. The monoisotopic (exact) mass is 319 g/mol. The van der Waals surface area contributed by atoms with Crippen LogP contribution in [0.1, 0.15) is 19.8 Å². The molecule has 2 aliphatic rings. The summed E-state index contributed by atoms with van der Waals surface area (Å²) in [6, 6.07) is 0. The van der Waals surface area contributed by atoms with E-state index in [0.717, 1.165) is 4.48 Å². The molecule has 6 heteroatoms. The van der Waals surface area contributed by atoms with Gasteiger partial charge in [-0.3, -0.25) is 4.79 Å². The molecule has 0 spiro atoms. The Balaban J connectivity index is 2.28. The van der Waals surface area contributed by atoms with Gasteiger partial charge in [0.15, 0.2) is 0 Å². The summed E-state index contributed by atoms with van der Waals surface area (Å²) in [4.78, 5) is 11.2. The highest BCUT2D eigenvalue weighted by molar-refractivity contribution is 9.11. The van der Waals surface area contributed by atoms with E-state index in [1.165, 1.54) is 4.31 Å². The van der Waals surface area contributed by atoms with E-state index in [0.29, 0.717) is 19.4 Å². The van der Waals surface area contributed by atoms with E-state index in [1.807, 2.05) is 6.08 Å². The van der Waals surface area contributed by atoms with Crippen molar-refractivity contribution in [2.75, 3.05) is 13.1 Å². The van der Waals surface area contributed by atoms with Crippen molar-refractivity contribution in [2.24, 2.45) is 0 Å². The standard InChI is InChI=1S/C11H14BrNO3S/c1-11(5-2-9(12)3-6-11)17(15,16)13-7-4-10(14)8-13/h2-3,5H,4,6-8H2,1H3. The van der Waals surface area contributed by atoms with Crippen LogP contribution >= 0.6 is 15.9 Å². The quantitative estimate of drug-likeness (QED) is 0.776. The molecule has 17 heavy (non-hydrogen) atoms. The molecular weight excluding hydrogens is 306 g/mol. The molecule has 94 valence electrons. The zero-order valence-electron chi connectivity index (χ0n) is 9.52. The Morgan fingerprint density at radius 1 is 1.47 bits per heavy atom. The fourth-order valence-electron chi connectivity index (χ4n) is 1.99. The van der Waals surface area contributed by atoms with Crippen LogP contribution in [0.15, 0.2) is 22.7 Å². The second kappa shape index (κ2) is 4.33. The highest BCUT2D eigenvalue weighted by Crippen LogP contribution is 2.33. The van der Waals surface area contributed by atoms with Gasteiger partial charge in [-0.25, -0.2) is 8.42 Å². The van der Waals surface area contributed by atoms with Crippen molar-refractivity contribution in [1.29, 1.82) is 0 Å². The van der Waals surface area contributed by atoms with Crippen LogP contribution in [0.4, 0.5) is 0 Å². The highest BCUT2D eigenvalue weighted by Gasteiger charge is 2.43. The summed E-state index contributed by atoms with van der Waals surface area (Å²) >= 11 is 3.31. The van der Waals surface area contributed by atoms with Crippen molar-refractivity contribution in [3.05, 3.63) is 22.7 Å². The van der Waals surface area contributed by atoms with Gasteiger partial charge in [-0.1, -0.05) is 34.2 Å². The van der Waals surface area contributed by atoms with Gasteiger partial charge in [0, 0.05) is 17.4 Å². The molecule has 0 N–H and O–H groups in total. The summed E-state index contributed by atoms with van der Waals surface area (Å²) in [5, 5.41) is 0. The van der Waals surface area contributed by atoms with Crippen LogP contribution in [-0.2, 0) is 14.8 Å². The fraction of sp³-hybridized carbons (Fsp3) is 0.545. The summed E-state index contributed by atoms with van der Waals surface area (Å²) < 4.78 is 26.1. The molecule has 0 aromatic heterocycles. The van der Waals surface area contributed by atoms with Gasteiger partial charge >= 0.3 is 0 Å². The van der Waals surface area contributed by atoms with E-state index in [1.54, 1.807) is 19.1 Å². The molecule has 1 unspecified atom stereocenters. The van der Waals surface area contributed by atoms with Gasteiger partial charge in [0.1, 0.15) is 10.5 Å². The minimum atomic E-state index is -3.46. The Morgan fingerprint density at radius 2 is 2.18 bits per heavy atom. The van der Waals surface area contributed by atoms with Gasteiger partial charge < -0.3 is 0 Å². The summed E-state index contributed by atoms with van der Waals surface area (Å²) in [6.45, 7) is 2.03. The lowest BCUT2D eigenvalue weighted by molar-refractivity contribution is -0.116.